The minimum absolute atomic E-state index is 0.231. The first-order chi connectivity index (χ1) is 13.7. The molecule has 156 valence electrons. The minimum atomic E-state index is -1.10. The predicted octanol–water partition coefficient (Wildman–Crippen LogP) is 0.848. The third kappa shape index (κ3) is 6.91. The summed E-state index contributed by atoms with van der Waals surface area (Å²) < 4.78 is 5.57. The molecule has 29 heavy (non-hydrogen) atoms. The van der Waals surface area contributed by atoms with Crippen molar-refractivity contribution in [2.75, 3.05) is 6.61 Å². The van der Waals surface area contributed by atoms with Crippen molar-refractivity contribution in [1.82, 2.24) is 10.8 Å². The summed E-state index contributed by atoms with van der Waals surface area (Å²) in [4.78, 5) is 24.1. The first kappa shape index (κ1) is 22.4. The van der Waals surface area contributed by atoms with E-state index >= 15 is 0 Å². The van der Waals surface area contributed by atoms with Crippen LogP contribution in [0.25, 0.3) is 0 Å². The lowest BCUT2D eigenvalue weighted by atomic mass is 9.95. The number of hydroxylamine groups is 1. The maximum atomic E-state index is 12.4. The van der Waals surface area contributed by atoms with E-state index in [1.165, 1.54) is 5.48 Å². The first-order valence-corrected chi connectivity index (χ1v) is 9.40. The number of hydrogen-bond acceptors (Lipinski definition) is 6. The fraction of sp³-hybridized carbons (Fsp3) is 0.429. The van der Waals surface area contributed by atoms with E-state index in [1.54, 1.807) is 38.1 Å². The first-order valence-electron chi connectivity index (χ1n) is 9.40. The standard InChI is InChI=1S/C21H28N4O4/c1-21(2,23)18(20(27)25-28)24-19(26)15-7-11-17(12-8-15)29-13-3-4-14-5-9-16(22)10-6-14/h5,7-8,11-12,16,18,28H,6,9-10,13,22-23H2,1-2H3,(H,24,26)(H,25,27)/t16?,18-/m1/s1. The average molecular weight is 400 g/mol. The Morgan fingerprint density at radius 1 is 1.34 bits per heavy atom. The number of nitrogens with one attached hydrogen (secondary N) is 2. The Bertz CT molecular complexity index is 816. The molecule has 1 unspecified atom stereocenters. The van der Waals surface area contributed by atoms with Gasteiger partial charge in [-0.05, 0) is 62.9 Å². The highest BCUT2D eigenvalue weighted by Crippen LogP contribution is 2.16. The predicted molar refractivity (Wildman–Crippen MR) is 109 cm³/mol. The summed E-state index contributed by atoms with van der Waals surface area (Å²) in [5.41, 5.74) is 13.6. The van der Waals surface area contributed by atoms with E-state index in [9.17, 15) is 9.59 Å². The van der Waals surface area contributed by atoms with Crippen LogP contribution in [0.1, 0.15) is 43.5 Å². The van der Waals surface area contributed by atoms with Gasteiger partial charge >= 0.3 is 0 Å². The van der Waals surface area contributed by atoms with E-state index in [1.807, 2.05) is 0 Å². The second-order valence-corrected chi connectivity index (χ2v) is 7.58. The largest absolute Gasteiger partial charge is 0.481 e. The van der Waals surface area contributed by atoms with Crippen molar-refractivity contribution in [1.29, 1.82) is 0 Å². The number of carbonyl (C=O) groups is 2. The Kier molecular flexibility index (Phi) is 7.79. The van der Waals surface area contributed by atoms with Gasteiger partial charge in [0.25, 0.3) is 11.8 Å². The Labute approximate surface area is 170 Å². The minimum Gasteiger partial charge on any atom is -0.481 e. The number of benzene rings is 1. The number of nitrogens with two attached hydrogens (primary N) is 2. The van der Waals surface area contributed by atoms with Gasteiger partial charge in [0.05, 0.1) is 0 Å². The molecule has 0 spiro atoms. The van der Waals surface area contributed by atoms with Gasteiger partial charge in [-0.3, -0.25) is 14.8 Å². The number of carbonyl (C=O) groups excluding carboxylic acids is 2. The molecule has 0 aliphatic heterocycles. The Morgan fingerprint density at radius 3 is 2.59 bits per heavy atom. The zero-order chi connectivity index (χ0) is 21.4. The van der Waals surface area contributed by atoms with Crippen molar-refractivity contribution in [2.45, 2.75) is 50.7 Å². The third-order valence-electron chi connectivity index (χ3n) is 4.52. The molecule has 8 heteroatoms. The highest BCUT2D eigenvalue weighted by Gasteiger charge is 2.33. The monoisotopic (exact) mass is 400 g/mol. The lowest BCUT2D eigenvalue weighted by molar-refractivity contribution is -0.132. The lowest BCUT2D eigenvalue weighted by Gasteiger charge is -2.29. The number of allylic oxidation sites excluding steroid dienone is 1. The van der Waals surface area contributed by atoms with E-state index in [4.69, 9.17) is 21.4 Å². The molecule has 1 aliphatic rings. The quantitative estimate of drug-likeness (QED) is 0.272. The molecule has 1 aromatic rings. The highest BCUT2D eigenvalue weighted by atomic mass is 16.5. The number of amides is 2. The second kappa shape index (κ2) is 10.1. The summed E-state index contributed by atoms with van der Waals surface area (Å²) in [5.74, 6) is 5.35. The molecule has 0 bridgehead atoms. The molecule has 0 fully saturated rings. The van der Waals surface area contributed by atoms with Crippen molar-refractivity contribution in [3.05, 3.63) is 41.5 Å². The zero-order valence-electron chi connectivity index (χ0n) is 16.7. The molecular weight excluding hydrogens is 372 g/mol. The Morgan fingerprint density at radius 2 is 2.03 bits per heavy atom. The van der Waals surface area contributed by atoms with Crippen LogP contribution in [0.2, 0.25) is 0 Å². The van der Waals surface area contributed by atoms with Crippen molar-refractivity contribution in [2.24, 2.45) is 11.5 Å². The molecule has 0 saturated heterocycles. The maximum absolute atomic E-state index is 12.4. The lowest BCUT2D eigenvalue weighted by Crippen LogP contribution is -2.61. The molecule has 7 N–H and O–H groups in total. The third-order valence-corrected chi connectivity index (χ3v) is 4.52. The maximum Gasteiger partial charge on any atom is 0.267 e. The van der Waals surface area contributed by atoms with E-state index < -0.39 is 23.4 Å². The number of hydrogen-bond donors (Lipinski definition) is 5. The van der Waals surface area contributed by atoms with Crippen LogP contribution < -0.4 is 27.0 Å². The Balaban J connectivity index is 1.91. The van der Waals surface area contributed by atoms with Crippen LogP contribution in [0.15, 0.2) is 35.9 Å². The summed E-state index contributed by atoms with van der Waals surface area (Å²) in [7, 11) is 0. The van der Waals surface area contributed by atoms with E-state index in [2.05, 4.69) is 23.2 Å². The van der Waals surface area contributed by atoms with Gasteiger partial charge in [-0.15, -0.1) is 0 Å². The molecule has 1 aliphatic carbocycles. The molecule has 8 nitrogen and oxygen atoms in total. The van der Waals surface area contributed by atoms with E-state index in [0.29, 0.717) is 11.3 Å². The zero-order valence-corrected chi connectivity index (χ0v) is 16.7. The fourth-order valence-electron chi connectivity index (χ4n) is 2.81. The topological polar surface area (TPSA) is 140 Å². The molecule has 2 atom stereocenters. The fourth-order valence-corrected chi connectivity index (χ4v) is 2.81. The van der Waals surface area contributed by atoms with Gasteiger partial charge in [-0.25, -0.2) is 5.48 Å². The Hall–Kier alpha value is -2.86. The number of rotatable bonds is 6. The average Bonchev–Trinajstić information content (AvgIpc) is 2.69. The molecular formula is C21H28N4O4. The van der Waals surface area contributed by atoms with Crippen LogP contribution in [0.5, 0.6) is 5.75 Å². The number of ether oxygens (including phenoxy) is 1. The summed E-state index contributed by atoms with van der Waals surface area (Å²) in [5, 5.41) is 11.4. The van der Waals surface area contributed by atoms with Crippen LogP contribution in [0.4, 0.5) is 0 Å². The van der Waals surface area contributed by atoms with Crippen LogP contribution in [0.3, 0.4) is 0 Å². The second-order valence-electron chi connectivity index (χ2n) is 7.58. The molecule has 0 aromatic heterocycles. The SMILES string of the molecule is CC(C)(N)[C@H](NC(=O)c1ccc(OCC#CC2=CCC(N)CC2)cc1)C(=O)NO. The van der Waals surface area contributed by atoms with Gasteiger partial charge in [0.1, 0.15) is 18.4 Å². The van der Waals surface area contributed by atoms with Crippen molar-refractivity contribution < 1.29 is 19.5 Å². The summed E-state index contributed by atoms with van der Waals surface area (Å²) in [6.07, 6.45) is 4.78. The molecule has 0 radical (unpaired) electrons. The van der Waals surface area contributed by atoms with Gasteiger partial charge in [0, 0.05) is 17.1 Å². The summed E-state index contributed by atoms with van der Waals surface area (Å²) in [6.45, 7) is 3.38. The van der Waals surface area contributed by atoms with Crippen molar-refractivity contribution in [3.63, 3.8) is 0 Å². The van der Waals surface area contributed by atoms with E-state index in [-0.39, 0.29) is 12.6 Å². The molecule has 2 rings (SSSR count). The molecule has 2 amide bonds. The normalized spacial score (nSPS) is 17.3. The van der Waals surface area contributed by atoms with Crippen molar-refractivity contribution >= 4 is 11.8 Å². The van der Waals surface area contributed by atoms with Crippen LogP contribution in [0, 0.1) is 11.8 Å². The molecule has 1 aromatic carbocycles. The van der Waals surface area contributed by atoms with Gasteiger partial charge in [0.15, 0.2) is 0 Å². The van der Waals surface area contributed by atoms with Crippen LogP contribution >= 0.6 is 0 Å². The van der Waals surface area contributed by atoms with Gasteiger partial charge < -0.3 is 21.5 Å². The van der Waals surface area contributed by atoms with E-state index in [0.717, 1.165) is 24.8 Å². The van der Waals surface area contributed by atoms with Gasteiger partial charge in [-0.2, -0.15) is 0 Å². The van der Waals surface area contributed by atoms with Crippen LogP contribution in [-0.4, -0.2) is 41.3 Å². The summed E-state index contributed by atoms with van der Waals surface area (Å²) in [6, 6.07) is 5.56. The summed E-state index contributed by atoms with van der Waals surface area (Å²) >= 11 is 0. The van der Waals surface area contributed by atoms with Gasteiger partial charge in [-0.1, -0.05) is 17.9 Å². The molecule has 0 heterocycles. The smallest absolute Gasteiger partial charge is 0.267 e. The van der Waals surface area contributed by atoms with Crippen molar-refractivity contribution in [3.8, 4) is 17.6 Å². The van der Waals surface area contributed by atoms with Gasteiger partial charge in [0.2, 0.25) is 0 Å². The highest BCUT2D eigenvalue weighted by molar-refractivity contribution is 5.97. The molecule has 0 saturated carbocycles. The van der Waals surface area contributed by atoms with Crippen LogP contribution in [-0.2, 0) is 4.79 Å².